The van der Waals surface area contributed by atoms with Gasteiger partial charge in [-0.05, 0) is 31.2 Å². The predicted octanol–water partition coefficient (Wildman–Crippen LogP) is 1.97. The highest BCUT2D eigenvalue weighted by molar-refractivity contribution is 5.54. The van der Waals surface area contributed by atoms with Gasteiger partial charge in [-0.2, -0.15) is 0 Å². The minimum Gasteiger partial charge on any atom is -0.508 e. The highest BCUT2D eigenvalue weighted by atomic mass is 16.4. The standard InChI is InChI=1S/C12H13NO3/c1-8(14)6-11-7-13-12(16-11)9-2-4-10(15)5-3-9/h2-5,7-8,14-15H,6H2,1H3. The quantitative estimate of drug-likeness (QED) is 0.828. The van der Waals surface area contributed by atoms with E-state index in [1.807, 2.05) is 0 Å². The predicted molar refractivity (Wildman–Crippen MR) is 59.0 cm³/mol. The normalized spacial score (nSPS) is 12.6. The molecule has 1 atom stereocenters. The maximum absolute atomic E-state index is 9.20. The minimum atomic E-state index is -0.444. The van der Waals surface area contributed by atoms with Crippen LogP contribution < -0.4 is 0 Å². The first-order valence-electron chi connectivity index (χ1n) is 5.07. The number of hydrogen-bond donors (Lipinski definition) is 2. The van der Waals surface area contributed by atoms with Crippen LogP contribution in [0.25, 0.3) is 11.5 Å². The van der Waals surface area contributed by atoms with E-state index in [9.17, 15) is 5.11 Å². The van der Waals surface area contributed by atoms with Gasteiger partial charge in [0.1, 0.15) is 11.5 Å². The van der Waals surface area contributed by atoms with Gasteiger partial charge in [0.05, 0.1) is 12.3 Å². The Hall–Kier alpha value is -1.81. The van der Waals surface area contributed by atoms with E-state index in [0.717, 1.165) is 5.56 Å². The van der Waals surface area contributed by atoms with Crippen LogP contribution in [0.5, 0.6) is 5.75 Å². The summed E-state index contributed by atoms with van der Waals surface area (Å²) in [5.74, 6) is 1.35. The maximum atomic E-state index is 9.20. The number of benzene rings is 1. The fraction of sp³-hybridized carbons (Fsp3) is 0.250. The number of rotatable bonds is 3. The van der Waals surface area contributed by atoms with Crippen molar-refractivity contribution in [3.63, 3.8) is 0 Å². The Labute approximate surface area is 93.2 Å². The molecule has 4 heteroatoms. The minimum absolute atomic E-state index is 0.208. The van der Waals surface area contributed by atoms with Gasteiger partial charge in [-0.25, -0.2) is 4.98 Å². The topological polar surface area (TPSA) is 66.5 Å². The lowest BCUT2D eigenvalue weighted by atomic mass is 10.2. The third-order valence-corrected chi connectivity index (χ3v) is 2.16. The van der Waals surface area contributed by atoms with Crippen molar-refractivity contribution < 1.29 is 14.6 Å². The van der Waals surface area contributed by atoms with Crippen molar-refractivity contribution in [1.29, 1.82) is 0 Å². The number of aliphatic hydroxyl groups excluding tert-OH is 1. The third kappa shape index (κ3) is 2.41. The zero-order valence-electron chi connectivity index (χ0n) is 8.92. The van der Waals surface area contributed by atoms with Crippen molar-refractivity contribution in [3.05, 3.63) is 36.2 Å². The van der Waals surface area contributed by atoms with Gasteiger partial charge >= 0.3 is 0 Å². The summed E-state index contributed by atoms with van der Waals surface area (Å²) in [6, 6.07) is 6.61. The molecule has 1 heterocycles. The van der Waals surface area contributed by atoms with E-state index in [1.165, 1.54) is 0 Å². The monoisotopic (exact) mass is 219 g/mol. The molecule has 0 saturated heterocycles. The molecule has 4 nitrogen and oxygen atoms in total. The van der Waals surface area contributed by atoms with E-state index in [0.29, 0.717) is 18.1 Å². The van der Waals surface area contributed by atoms with E-state index in [-0.39, 0.29) is 5.75 Å². The number of phenolic OH excluding ortho intramolecular Hbond substituents is 1. The summed E-state index contributed by atoms with van der Waals surface area (Å²) < 4.78 is 5.47. The molecule has 0 bridgehead atoms. The van der Waals surface area contributed by atoms with Crippen LogP contribution in [0.4, 0.5) is 0 Å². The number of oxazole rings is 1. The Balaban J connectivity index is 2.21. The van der Waals surface area contributed by atoms with Gasteiger partial charge in [0.15, 0.2) is 0 Å². The summed E-state index contributed by atoms with van der Waals surface area (Å²) in [5.41, 5.74) is 0.801. The molecular weight excluding hydrogens is 206 g/mol. The number of nitrogens with zero attached hydrogens (tertiary/aromatic N) is 1. The lowest BCUT2D eigenvalue weighted by Crippen LogP contribution is -2.02. The summed E-state index contributed by atoms with van der Waals surface area (Å²) >= 11 is 0. The maximum Gasteiger partial charge on any atom is 0.226 e. The second kappa shape index (κ2) is 4.37. The molecule has 0 amide bonds. The highest BCUT2D eigenvalue weighted by Gasteiger charge is 2.08. The van der Waals surface area contributed by atoms with E-state index < -0.39 is 6.10 Å². The molecule has 0 fully saturated rings. The SMILES string of the molecule is CC(O)Cc1cnc(-c2ccc(O)cc2)o1. The Bertz CT molecular complexity index is 459. The van der Waals surface area contributed by atoms with Crippen LogP contribution >= 0.6 is 0 Å². The molecule has 16 heavy (non-hydrogen) atoms. The zero-order valence-corrected chi connectivity index (χ0v) is 8.92. The lowest BCUT2D eigenvalue weighted by molar-refractivity contribution is 0.187. The van der Waals surface area contributed by atoms with Crippen molar-refractivity contribution in [2.75, 3.05) is 0 Å². The lowest BCUT2D eigenvalue weighted by Gasteiger charge is -1.99. The summed E-state index contributed by atoms with van der Waals surface area (Å²) in [6.45, 7) is 1.70. The molecule has 1 aromatic heterocycles. The largest absolute Gasteiger partial charge is 0.508 e. The molecule has 2 N–H and O–H groups in total. The van der Waals surface area contributed by atoms with Crippen LogP contribution in [0.1, 0.15) is 12.7 Å². The third-order valence-electron chi connectivity index (χ3n) is 2.16. The molecule has 84 valence electrons. The van der Waals surface area contributed by atoms with Crippen molar-refractivity contribution in [2.24, 2.45) is 0 Å². The molecule has 0 radical (unpaired) electrons. The summed E-state index contributed by atoms with van der Waals surface area (Å²) in [5, 5.41) is 18.3. The van der Waals surface area contributed by atoms with Gasteiger partial charge in [-0.1, -0.05) is 0 Å². The van der Waals surface area contributed by atoms with Crippen LogP contribution in [-0.4, -0.2) is 21.3 Å². The molecule has 0 spiro atoms. The Morgan fingerprint density at radius 2 is 2.00 bits per heavy atom. The average molecular weight is 219 g/mol. The van der Waals surface area contributed by atoms with Crippen LogP contribution in [0.15, 0.2) is 34.9 Å². The Kier molecular flexibility index (Phi) is 2.92. The van der Waals surface area contributed by atoms with Gasteiger partial charge < -0.3 is 14.6 Å². The van der Waals surface area contributed by atoms with Crippen molar-refractivity contribution in [1.82, 2.24) is 4.98 Å². The average Bonchev–Trinajstić information content (AvgIpc) is 2.66. The molecule has 1 aromatic carbocycles. The van der Waals surface area contributed by atoms with E-state index in [2.05, 4.69) is 4.98 Å². The first-order chi connectivity index (χ1) is 7.65. The zero-order chi connectivity index (χ0) is 11.5. The summed E-state index contributed by atoms with van der Waals surface area (Å²) in [6.07, 6.45) is 1.61. The van der Waals surface area contributed by atoms with Gasteiger partial charge in [-0.15, -0.1) is 0 Å². The molecule has 1 unspecified atom stereocenters. The second-order valence-electron chi connectivity index (χ2n) is 3.73. The molecule has 0 aliphatic heterocycles. The molecule has 0 saturated carbocycles. The molecule has 2 aromatic rings. The first-order valence-corrected chi connectivity index (χ1v) is 5.07. The number of hydrogen-bond acceptors (Lipinski definition) is 4. The summed E-state index contributed by atoms with van der Waals surface area (Å²) in [4.78, 5) is 4.11. The van der Waals surface area contributed by atoms with Gasteiger partial charge in [0.25, 0.3) is 0 Å². The van der Waals surface area contributed by atoms with Crippen LogP contribution in [0.3, 0.4) is 0 Å². The van der Waals surface area contributed by atoms with Gasteiger partial charge in [0, 0.05) is 12.0 Å². The highest BCUT2D eigenvalue weighted by Crippen LogP contribution is 2.21. The number of aromatic hydroxyl groups is 1. The van der Waals surface area contributed by atoms with E-state index >= 15 is 0 Å². The van der Waals surface area contributed by atoms with Crippen LogP contribution in [-0.2, 0) is 6.42 Å². The molecular formula is C12H13NO3. The first kappa shape index (κ1) is 10.7. The smallest absolute Gasteiger partial charge is 0.226 e. The Morgan fingerprint density at radius 3 is 2.62 bits per heavy atom. The van der Waals surface area contributed by atoms with Crippen LogP contribution in [0.2, 0.25) is 0 Å². The summed E-state index contributed by atoms with van der Waals surface area (Å²) in [7, 11) is 0. The van der Waals surface area contributed by atoms with Gasteiger partial charge in [0.2, 0.25) is 5.89 Å². The number of aromatic nitrogens is 1. The van der Waals surface area contributed by atoms with E-state index in [4.69, 9.17) is 9.52 Å². The Morgan fingerprint density at radius 1 is 1.31 bits per heavy atom. The fourth-order valence-corrected chi connectivity index (χ4v) is 1.43. The number of phenols is 1. The van der Waals surface area contributed by atoms with Crippen molar-refractivity contribution >= 4 is 0 Å². The molecule has 2 rings (SSSR count). The van der Waals surface area contributed by atoms with Crippen molar-refractivity contribution in [2.45, 2.75) is 19.4 Å². The number of aliphatic hydroxyl groups is 1. The van der Waals surface area contributed by atoms with Crippen molar-refractivity contribution in [3.8, 4) is 17.2 Å². The molecule has 0 aliphatic carbocycles. The van der Waals surface area contributed by atoms with Gasteiger partial charge in [-0.3, -0.25) is 0 Å². The van der Waals surface area contributed by atoms with Crippen LogP contribution in [0, 0.1) is 0 Å². The fourth-order valence-electron chi connectivity index (χ4n) is 1.43. The molecule has 0 aliphatic rings. The van der Waals surface area contributed by atoms with E-state index in [1.54, 1.807) is 37.4 Å². The second-order valence-corrected chi connectivity index (χ2v) is 3.73.